The van der Waals surface area contributed by atoms with Crippen LogP contribution in [0.2, 0.25) is 0 Å². The topological polar surface area (TPSA) is 117 Å². The van der Waals surface area contributed by atoms with Gasteiger partial charge in [0, 0.05) is 38.3 Å². The quantitative estimate of drug-likeness (QED) is 0.168. The lowest BCUT2D eigenvalue weighted by atomic mass is 10.2. The van der Waals surface area contributed by atoms with Gasteiger partial charge in [-0.25, -0.2) is 9.78 Å². The van der Waals surface area contributed by atoms with Crippen LogP contribution in [0.5, 0.6) is 0 Å². The van der Waals surface area contributed by atoms with Crippen molar-refractivity contribution >= 4 is 47.8 Å². The van der Waals surface area contributed by atoms with E-state index in [1.54, 1.807) is 6.07 Å². The predicted molar refractivity (Wildman–Crippen MR) is 130 cm³/mol. The Hall–Kier alpha value is -2.11. The molecule has 0 saturated heterocycles. The van der Waals surface area contributed by atoms with E-state index in [0.717, 1.165) is 5.69 Å². The highest BCUT2D eigenvalue weighted by Crippen LogP contribution is 2.06. The minimum absolute atomic E-state index is 0. The molecule has 0 aliphatic carbocycles. The molecule has 9 nitrogen and oxygen atoms in total. The van der Waals surface area contributed by atoms with Gasteiger partial charge >= 0.3 is 6.09 Å². The molecule has 0 spiro atoms. The highest BCUT2D eigenvalue weighted by Gasteiger charge is 2.15. The summed E-state index contributed by atoms with van der Waals surface area (Å²) < 4.78 is 5.18. The van der Waals surface area contributed by atoms with Crippen molar-refractivity contribution in [2.24, 2.45) is 4.99 Å². The molecule has 170 valence electrons. The van der Waals surface area contributed by atoms with Crippen molar-refractivity contribution in [2.75, 3.05) is 31.5 Å². The summed E-state index contributed by atoms with van der Waals surface area (Å²) in [5.74, 6) is 1.06. The van der Waals surface area contributed by atoms with Crippen LogP contribution in [0.3, 0.4) is 0 Å². The highest BCUT2D eigenvalue weighted by atomic mass is 127. The van der Waals surface area contributed by atoms with Gasteiger partial charge in [-0.3, -0.25) is 9.79 Å². The monoisotopic (exact) mass is 534 g/mol. The lowest BCUT2D eigenvalue weighted by Gasteiger charge is -2.19. The van der Waals surface area contributed by atoms with E-state index in [1.807, 2.05) is 46.8 Å². The first-order valence-electron chi connectivity index (χ1n) is 9.92. The van der Waals surface area contributed by atoms with Gasteiger partial charge in [-0.1, -0.05) is 6.07 Å². The first kappa shape index (κ1) is 27.9. The minimum atomic E-state index is -0.508. The van der Waals surface area contributed by atoms with Crippen LogP contribution in [0.1, 0.15) is 46.2 Å². The summed E-state index contributed by atoms with van der Waals surface area (Å²) in [5.41, 5.74) is 0.343. The molecule has 0 aliphatic rings. The van der Waals surface area contributed by atoms with Crippen molar-refractivity contribution < 1.29 is 14.3 Å². The van der Waals surface area contributed by atoms with Crippen LogP contribution >= 0.6 is 24.0 Å². The Labute approximate surface area is 196 Å². The standard InChI is InChI=1S/C20H34N6O3.HI/c1-6-21-18(22-12-8-13-24-19(28)29-20(3,4)5)23-14-11-17(27)26-16-10-7-9-15(2)25-16;/h7,9-10H,6,8,11-14H2,1-5H3,(H,24,28)(H2,21,22,23)(H,25,26,27);1H. The second kappa shape index (κ2) is 14.8. The maximum absolute atomic E-state index is 12.0. The lowest BCUT2D eigenvalue weighted by Crippen LogP contribution is -2.39. The molecule has 1 rings (SSSR count). The van der Waals surface area contributed by atoms with Crippen LogP contribution in [-0.2, 0) is 9.53 Å². The van der Waals surface area contributed by atoms with Gasteiger partial charge in [-0.15, -0.1) is 24.0 Å². The number of ether oxygens (including phenoxy) is 1. The molecule has 1 heterocycles. The molecular formula is C20H35IN6O3. The normalized spacial score (nSPS) is 11.2. The van der Waals surface area contributed by atoms with Gasteiger partial charge in [0.1, 0.15) is 11.4 Å². The number of rotatable bonds is 9. The molecule has 0 atom stereocenters. The number of guanidine groups is 1. The number of alkyl carbamates (subject to hydrolysis) is 1. The third-order valence-corrected chi connectivity index (χ3v) is 3.42. The maximum atomic E-state index is 12.0. The van der Waals surface area contributed by atoms with Crippen molar-refractivity contribution in [3.8, 4) is 0 Å². The zero-order valence-corrected chi connectivity index (χ0v) is 20.8. The number of aryl methyl sites for hydroxylation is 1. The molecular weight excluding hydrogens is 499 g/mol. The van der Waals surface area contributed by atoms with Crippen molar-refractivity contribution in [3.05, 3.63) is 23.9 Å². The van der Waals surface area contributed by atoms with Crippen molar-refractivity contribution in [3.63, 3.8) is 0 Å². The van der Waals surface area contributed by atoms with Crippen molar-refractivity contribution in [1.82, 2.24) is 20.9 Å². The van der Waals surface area contributed by atoms with Crippen LogP contribution in [0.4, 0.5) is 10.6 Å². The van der Waals surface area contributed by atoms with E-state index in [4.69, 9.17) is 4.74 Å². The van der Waals surface area contributed by atoms with E-state index in [1.165, 1.54) is 0 Å². The van der Waals surface area contributed by atoms with Gasteiger partial charge in [0.2, 0.25) is 5.91 Å². The number of aliphatic imine (C=N–C) groups is 1. The third-order valence-electron chi connectivity index (χ3n) is 3.42. The fourth-order valence-electron chi connectivity index (χ4n) is 2.23. The molecule has 1 aromatic rings. The fraction of sp³-hybridized carbons (Fsp3) is 0.600. The summed E-state index contributed by atoms with van der Waals surface area (Å²) in [6.07, 6.45) is 0.538. The SMILES string of the molecule is CCNC(=NCCCNC(=O)OC(C)(C)C)NCCC(=O)Nc1cccc(C)n1.I. The largest absolute Gasteiger partial charge is 0.444 e. The number of aromatic nitrogens is 1. The number of nitrogens with one attached hydrogen (secondary N) is 4. The highest BCUT2D eigenvalue weighted by molar-refractivity contribution is 14.0. The second-order valence-electron chi connectivity index (χ2n) is 7.43. The molecule has 0 aromatic carbocycles. The van der Waals surface area contributed by atoms with E-state index >= 15 is 0 Å². The van der Waals surface area contributed by atoms with E-state index in [-0.39, 0.29) is 29.9 Å². The van der Waals surface area contributed by atoms with Crippen LogP contribution in [0.25, 0.3) is 0 Å². The molecule has 4 N–H and O–H groups in total. The predicted octanol–water partition coefficient (Wildman–Crippen LogP) is 2.81. The molecule has 10 heteroatoms. The fourth-order valence-corrected chi connectivity index (χ4v) is 2.23. The first-order valence-corrected chi connectivity index (χ1v) is 9.92. The third kappa shape index (κ3) is 14.0. The Morgan fingerprint density at radius 2 is 1.87 bits per heavy atom. The average molecular weight is 534 g/mol. The Kier molecular flexibility index (Phi) is 13.8. The van der Waals surface area contributed by atoms with Gasteiger partial charge in [-0.2, -0.15) is 0 Å². The van der Waals surface area contributed by atoms with Crippen LogP contribution in [-0.4, -0.2) is 54.7 Å². The van der Waals surface area contributed by atoms with E-state index < -0.39 is 11.7 Å². The summed E-state index contributed by atoms with van der Waals surface area (Å²) >= 11 is 0. The molecule has 0 radical (unpaired) electrons. The number of hydrogen-bond donors (Lipinski definition) is 4. The van der Waals surface area contributed by atoms with Gasteiger partial charge in [0.15, 0.2) is 5.96 Å². The van der Waals surface area contributed by atoms with Gasteiger partial charge in [0.05, 0.1) is 0 Å². The molecule has 30 heavy (non-hydrogen) atoms. The number of halogens is 1. The van der Waals surface area contributed by atoms with Gasteiger partial charge < -0.3 is 26.0 Å². The average Bonchev–Trinajstić information content (AvgIpc) is 2.59. The summed E-state index contributed by atoms with van der Waals surface area (Å²) in [6, 6.07) is 5.48. The van der Waals surface area contributed by atoms with E-state index in [0.29, 0.717) is 50.8 Å². The lowest BCUT2D eigenvalue weighted by molar-refractivity contribution is -0.116. The summed E-state index contributed by atoms with van der Waals surface area (Å²) in [5, 5.41) is 11.7. The number of hydrogen-bond acceptors (Lipinski definition) is 5. The second-order valence-corrected chi connectivity index (χ2v) is 7.43. The molecule has 0 saturated carbocycles. The van der Waals surface area contributed by atoms with Crippen LogP contribution in [0, 0.1) is 6.92 Å². The molecule has 1 aromatic heterocycles. The number of anilines is 1. The number of pyridine rings is 1. The van der Waals surface area contributed by atoms with Crippen molar-refractivity contribution in [2.45, 2.75) is 53.1 Å². The summed E-state index contributed by atoms with van der Waals surface area (Å²) in [4.78, 5) is 32.3. The zero-order valence-electron chi connectivity index (χ0n) is 18.5. The Morgan fingerprint density at radius 3 is 2.50 bits per heavy atom. The number of amides is 2. The summed E-state index contributed by atoms with van der Waals surface area (Å²) in [7, 11) is 0. The van der Waals surface area contributed by atoms with Crippen LogP contribution < -0.4 is 21.3 Å². The minimum Gasteiger partial charge on any atom is -0.444 e. The van der Waals surface area contributed by atoms with Gasteiger partial charge in [-0.05, 0) is 53.2 Å². The maximum Gasteiger partial charge on any atom is 0.407 e. The molecule has 0 fully saturated rings. The molecule has 0 bridgehead atoms. The smallest absolute Gasteiger partial charge is 0.407 e. The first-order chi connectivity index (χ1) is 13.7. The molecule has 0 unspecified atom stereocenters. The molecule has 2 amide bonds. The number of nitrogens with zero attached hydrogens (tertiary/aromatic N) is 2. The van der Waals surface area contributed by atoms with Crippen LogP contribution in [0.15, 0.2) is 23.2 Å². The van der Waals surface area contributed by atoms with E-state index in [9.17, 15) is 9.59 Å². The molecule has 0 aliphatic heterocycles. The Bertz CT molecular complexity index is 691. The Morgan fingerprint density at radius 1 is 1.13 bits per heavy atom. The van der Waals surface area contributed by atoms with Gasteiger partial charge in [0.25, 0.3) is 0 Å². The zero-order chi connectivity index (χ0) is 21.7. The number of carbonyl (C=O) groups is 2. The van der Waals surface area contributed by atoms with Crippen molar-refractivity contribution in [1.29, 1.82) is 0 Å². The number of carbonyl (C=O) groups excluding carboxylic acids is 2. The Balaban J connectivity index is 0.00000841. The summed E-state index contributed by atoms with van der Waals surface area (Å²) in [6.45, 7) is 11.5. The van der Waals surface area contributed by atoms with E-state index in [2.05, 4.69) is 31.2 Å².